The molecule has 0 bridgehead atoms. The van der Waals surface area contributed by atoms with Crippen LogP contribution < -0.4 is 10.6 Å². The van der Waals surface area contributed by atoms with Gasteiger partial charge in [-0.3, -0.25) is 9.59 Å². The molecule has 0 atom stereocenters. The first kappa shape index (κ1) is 16.2. The third-order valence-corrected chi connectivity index (χ3v) is 2.83. The maximum Gasteiger partial charge on any atom is 0.302 e. The zero-order valence-corrected chi connectivity index (χ0v) is 12.5. The summed E-state index contributed by atoms with van der Waals surface area (Å²) < 4.78 is 4.98. The Balaban J connectivity index is 2.78. The van der Waals surface area contributed by atoms with Gasteiger partial charge in [0.2, 0.25) is 5.91 Å². The molecule has 20 heavy (non-hydrogen) atoms. The second kappa shape index (κ2) is 7.65. The Morgan fingerprint density at radius 3 is 2.30 bits per heavy atom. The second-order valence-electron chi connectivity index (χ2n) is 4.71. The monoisotopic (exact) mass is 278 g/mol. The largest absolute Gasteiger partial charge is 0.461 e. The van der Waals surface area contributed by atoms with Crippen molar-refractivity contribution < 1.29 is 14.3 Å². The van der Waals surface area contributed by atoms with Crippen molar-refractivity contribution in [2.45, 2.75) is 34.3 Å². The van der Waals surface area contributed by atoms with E-state index in [9.17, 15) is 9.59 Å². The molecule has 2 N–H and O–H groups in total. The van der Waals surface area contributed by atoms with Crippen molar-refractivity contribution in [3.05, 3.63) is 28.8 Å². The number of likely N-dealkylation sites (N-methyl/N-ethyl adjacent to an activating group) is 1. The molecule has 5 heteroatoms. The number of anilines is 1. The molecular weight excluding hydrogens is 256 g/mol. The standard InChI is InChI=1S/C15H22N2O3/c1-5-16-8-14(19)17-15-10(2)6-13(7-11(15)3)9-20-12(4)18/h6-7,16H,5,8-9H2,1-4H3,(H,17,19). The Morgan fingerprint density at radius 1 is 1.20 bits per heavy atom. The van der Waals surface area contributed by atoms with E-state index in [1.165, 1.54) is 6.92 Å². The molecule has 0 aliphatic heterocycles. The van der Waals surface area contributed by atoms with Gasteiger partial charge < -0.3 is 15.4 Å². The molecule has 0 unspecified atom stereocenters. The van der Waals surface area contributed by atoms with Crippen molar-refractivity contribution in [2.75, 3.05) is 18.4 Å². The van der Waals surface area contributed by atoms with Crippen LogP contribution in [0, 0.1) is 13.8 Å². The van der Waals surface area contributed by atoms with Crippen LogP contribution in [0.4, 0.5) is 5.69 Å². The minimum absolute atomic E-state index is 0.0641. The molecule has 0 aromatic heterocycles. The fourth-order valence-corrected chi connectivity index (χ4v) is 1.94. The minimum Gasteiger partial charge on any atom is -0.461 e. The zero-order chi connectivity index (χ0) is 15.1. The normalized spacial score (nSPS) is 10.2. The van der Waals surface area contributed by atoms with Gasteiger partial charge in [-0.1, -0.05) is 19.1 Å². The maximum atomic E-state index is 11.7. The third-order valence-electron chi connectivity index (χ3n) is 2.83. The summed E-state index contributed by atoms with van der Waals surface area (Å²) in [4.78, 5) is 22.5. The number of benzene rings is 1. The minimum atomic E-state index is -0.302. The van der Waals surface area contributed by atoms with E-state index in [0.29, 0.717) is 6.54 Å². The highest BCUT2D eigenvalue weighted by molar-refractivity contribution is 5.93. The first-order valence-electron chi connectivity index (χ1n) is 6.68. The van der Waals surface area contributed by atoms with Crippen molar-refractivity contribution in [1.29, 1.82) is 0 Å². The summed E-state index contributed by atoms with van der Waals surface area (Å²) in [6.45, 7) is 8.49. The first-order valence-corrected chi connectivity index (χ1v) is 6.68. The second-order valence-corrected chi connectivity index (χ2v) is 4.71. The molecule has 1 aromatic rings. The van der Waals surface area contributed by atoms with E-state index in [-0.39, 0.29) is 18.5 Å². The molecule has 0 radical (unpaired) electrons. The van der Waals surface area contributed by atoms with Crippen LogP contribution >= 0.6 is 0 Å². The highest BCUT2D eigenvalue weighted by Crippen LogP contribution is 2.22. The summed E-state index contributed by atoms with van der Waals surface area (Å²) >= 11 is 0. The predicted molar refractivity (Wildman–Crippen MR) is 78.6 cm³/mol. The fraction of sp³-hybridized carbons (Fsp3) is 0.467. The first-order chi connectivity index (χ1) is 9.43. The molecule has 110 valence electrons. The Hall–Kier alpha value is -1.88. The van der Waals surface area contributed by atoms with Gasteiger partial charge >= 0.3 is 5.97 Å². The molecule has 0 aliphatic carbocycles. The average molecular weight is 278 g/mol. The number of amides is 1. The number of nitrogens with one attached hydrogen (secondary N) is 2. The van der Waals surface area contributed by atoms with Crippen LogP contribution in [0.2, 0.25) is 0 Å². The fourth-order valence-electron chi connectivity index (χ4n) is 1.94. The van der Waals surface area contributed by atoms with Crippen LogP contribution in [0.3, 0.4) is 0 Å². The molecule has 0 spiro atoms. The Morgan fingerprint density at radius 2 is 1.80 bits per heavy atom. The molecule has 0 saturated carbocycles. The van der Waals surface area contributed by atoms with Crippen LogP contribution in [0.5, 0.6) is 0 Å². The number of aryl methyl sites for hydroxylation is 2. The lowest BCUT2D eigenvalue weighted by molar-refractivity contribution is -0.142. The van der Waals surface area contributed by atoms with Crippen LogP contribution in [-0.2, 0) is 20.9 Å². The molecule has 1 aromatic carbocycles. The number of hydrogen-bond donors (Lipinski definition) is 2. The van der Waals surface area contributed by atoms with E-state index in [1.54, 1.807) is 0 Å². The summed E-state index contributed by atoms with van der Waals surface area (Å²) in [5.41, 5.74) is 3.65. The quantitative estimate of drug-likeness (QED) is 0.780. The lowest BCUT2D eigenvalue weighted by Gasteiger charge is -2.14. The number of hydrogen-bond acceptors (Lipinski definition) is 4. The number of carbonyl (C=O) groups is 2. The topological polar surface area (TPSA) is 67.4 Å². The molecule has 0 heterocycles. The van der Waals surface area contributed by atoms with E-state index >= 15 is 0 Å². The third kappa shape index (κ3) is 5.01. The summed E-state index contributed by atoms with van der Waals surface area (Å²) in [7, 11) is 0. The molecule has 0 saturated heterocycles. The van der Waals surface area contributed by atoms with Crippen LogP contribution in [0.15, 0.2) is 12.1 Å². The van der Waals surface area contributed by atoms with Crippen molar-refractivity contribution in [1.82, 2.24) is 5.32 Å². The molecular formula is C15H22N2O3. The highest BCUT2D eigenvalue weighted by atomic mass is 16.5. The van der Waals surface area contributed by atoms with Gasteiger partial charge in [-0.25, -0.2) is 0 Å². The average Bonchev–Trinajstić information content (AvgIpc) is 2.38. The van der Waals surface area contributed by atoms with Crippen LogP contribution in [0.1, 0.15) is 30.5 Å². The van der Waals surface area contributed by atoms with E-state index in [0.717, 1.165) is 28.9 Å². The Kier molecular flexibility index (Phi) is 6.18. The van der Waals surface area contributed by atoms with Gasteiger partial charge in [-0.2, -0.15) is 0 Å². The number of rotatable bonds is 6. The van der Waals surface area contributed by atoms with Gasteiger partial charge in [-0.05, 0) is 37.1 Å². The molecule has 0 fully saturated rings. The molecule has 1 rings (SSSR count). The number of carbonyl (C=O) groups excluding carboxylic acids is 2. The van der Waals surface area contributed by atoms with Crippen molar-refractivity contribution >= 4 is 17.6 Å². The predicted octanol–water partition coefficient (Wildman–Crippen LogP) is 1.91. The van der Waals surface area contributed by atoms with E-state index in [4.69, 9.17) is 4.74 Å². The van der Waals surface area contributed by atoms with Gasteiger partial charge in [0.1, 0.15) is 6.61 Å². The maximum absolute atomic E-state index is 11.7. The summed E-state index contributed by atoms with van der Waals surface area (Å²) in [5.74, 6) is -0.367. The van der Waals surface area contributed by atoms with E-state index < -0.39 is 0 Å². The molecule has 1 amide bonds. The van der Waals surface area contributed by atoms with Gasteiger partial charge in [0, 0.05) is 12.6 Å². The van der Waals surface area contributed by atoms with Crippen molar-refractivity contribution in [3.8, 4) is 0 Å². The SMILES string of the molecule is CCNCC(=O)Nc1c(C)cc(COC(C)=O)cc1C. The van der Waals surface area contributed by atoms with Gasteiger partial charge in [-0.15, -0.1) is 0 Å². The zero-order valence-electron chi connectivity index (χ0n) is 12.5. The Bertz CT molecular complexity index is 475. The van der Waals surface area contributed by atoms with Gasteiger partial charge in [0.15, 0.2) is 0 Å². The number of esters is 1. The highest BCUT2D eigenvalue weighted by Gasteiger charge is 2.09. The smallest absolute Gasteiger partial charge is 0.302 e. The lowest BCUT2D eigenvalue weighted by atomic mass is 10.0. The van der Waals surface area contributed by atoms with Crippen molar-refractivity contribution in [2.24, 2.45) is 0 Å². The van der Waals surface area contributed by atoms with E-state index in [2.05, 4.69) is 10.6 Å². The summed E-state index contributed by atoms with van der Waals surface area (Å²) in [5, 5.41) is 5.88. The van der Waals surface area contributed by atoms with Gasteiger partial charge in [0.05, 0.1) is 6.54 Å². The van der Waals surface area contributed by atoms with E-state index in [1.807, 2.05) is 32.9 Å². The van der Waals surface area contributed by atoms with Crippen molar-refractivity contribution in [3.63, 3.8) is 0 Å². The van der Waals surface area contributed by atoms with Crippen LogP contribution in [-0.4, -0.2) is 25.0 Å². The number of ether oxygens (including phenoxy) is 1. The Labute approximate surface area is 119 Å². The summed E-state index contributed by atoms with van der Waals surface area (Å²) in [6, 6.07) is 3.83. The lowest BCUT2D eigenvalue weighted by Crippen LogP contribution is -2.28. The molecule has 0 aliphatic rings. The molecule has 5 nitrogen and oxygen atoms in total. The van der Waals surface area contributed by atoms with Crippen LogP contribution in [0.25, 0.3) is 0 Å². The summed E-state index contributed by atoms with van der Waals surface area (Å²) in [6.07, 6.45) is 0. The van der Waals surface area contributed by atoms with Gasteiger partial charge in [0.25, 0.3) is 0 Å².